The van der Waals surface area contributed by atoms with Gasteiger partial charge >= 0.3 is 0 Å². The van der Waals surface area contributed by atoms with Gasteiger partial charge in [-0.15, -0.1) is 12.4 Å². The van der Waals surface area contributed by atoms with Crippen molar-refractivity contribution >= 4 is 51.5 Å². The van der Waals surface area contributed by atoms with Crippen LogP contribution in [0.1, 0.15) is 16.7 Å². The van der Waals surface area contributed by atoms with Crippen LogP contribution in [-0.2, 0) is 19.6 Å². The van der Waals surface area contributed by atoms with Crippen molar-refractivity contribution in [2.75, 3.05) is 13.7 Å². The summed E-state index contributed by atoms with van der Waals surface area (Å²) in [6.07, 6.45) is 0.990. The van der Waals surface area contributed by atoms with Crippen molar-refractivity contribution in [3.63, 3.8) is 0 Å². The molecule has 0 aromatic heterocycles. The number of hydrogen-bond donors (Lipinski definition) is 1. The zero-order valence-corrected chi connectivity index (χ0v) is 20.4. The van der Waals surface area contributed by atoms with Crippen LogP contribution in [0.4, 0.5) is 0 Å². The third-order valence-electron chi connectivity index (χ3n) is 4.42. The summed E-state index contributed by atoms with van der Waals surface area (Å²) >= 11 is 15.7. The maximum atomic E-state index is 6.08. The van der Waals surface area contributed by atoms with Crippen LogP contribution in [0, 0.1) is 0 Å². The van der Waals surface area contributed by atoms with Crippen LogP contribution >= 0.6 is 51.5 Å². The lowest BCUT2D eigenvalue weighted by Crippen LogP contribution is -2.16. The molecule has 0 saturated heterocycles. The summed E-state index contributed by atoms with van der Waals surface area (Å²) in [5.41, 5.74) is 3.37. The summed E-state index contributed by atoms with van der Waals surface area (Å²) in [6, 6.07) is 19.9. The minimum Gasteiger partial charge on any atom is -0.493 e. The summed E-state index contributed by atoms with van der Waals surface area (Å²) in [5, 5.41) is 4.51. The van der Waals surface area contributed by atoms with Crippen LogP contribution < -0.4 is 14.8 Å². The quantitative estimate of drug-likeness (QED) is 0.299. The molecule has 3 rings (SSSR count). The number of halogens is 4. The Kier molecular flexibility index (Phi) is 10.3. The van der Waals surface area contributed by atoms with Crippen LogP contribution in [0.3, 0.4) is 0 Å². The molecule has 0 heterocycles. The van der Waals surface area contributed by atoms with E-state index in [0.29, 0.717) is 28.2 Å². The summed E-state index contributed by atoms with van der Waals surface area (Å²) in [7, 11) is 1.64. The monoisotopic (exact) mass is 529 g/mol. The SMILES string of the molecule is COc1cc(CNCCc2ccccc2)cc(Br)c1OCc1ccc(Cl)c(Cl)c1.Cl. The zero-order valence-electron chi connectivity index (χ0n) is 16.5. The molecule has 3 aromatic rings. The second-order valence-electron chi connectivity index (χ2n) is 6.56. The second-order valence-corrected chi connectivity index (χ2v) is 8.23. The largest absolute Gasteiger partial charge is 0.493 e. The second kappa shape index (κ2) is 12.4. The van der Waals surface area contributed by atoms with Crippen LogP contribution in [-0.4, -0.2) is 13.7 Å². The fourth-order valence-corrected chi connectivity index (χ4v) is 3.83. The maximum absolute atomic E-state index is 6.08. The molecule has 30 heavy (non-hydrogen) atoms. The molecule has 160 valence electrons. The number of methoxy groups -OCH3 is 1. The van der Waals surface area contributed by atoms with Crippen LogP contribution in [0.2, 0.25) is 10.0 Å². The molecule has 0 atom stereocenters. The highest BCUT2D eigenvalue weighted by atomic mass is 79.9. The average Bonchev–Trinajstić information content (AvgIpc) is 2.73. The van der Waals surface area contributed by atoms with Crippen molar-refractivity contribution < 1.29 is 9.47 Å². The van der Waals surface area contributed by atoms with E-state index in [-0.39, 0.29) is 12.4 Å². The van der Waals surface area contributed by atoms with Gasteiger partial charge in [0.1, 0.15) is 6.61 Å². The predicted octanol–water partition coefficient (Wildman–Crippen LogP) is 7.10. The first-order chi connectivity index (χ1) is 14.1. The summed E-state index contributed by atoms with van der Waals surface area (Å²) in [5.74, 6) is 1.34. The van der Waals surface area contributed by atoms with Gasteiger partial charge in [-0.3, -0.25) is 0 Å². The molecule has 0 spiro atoms. The van der Waals surface area contributed by atoms with E-state index in [0.717, 1.165) is 35.1 Å². The Morgan fingerprint density at radius 1 is 0.900 bits per heavy atom. The lowest BCUT2D eigenvalue weighted by molar-refractivity contribution is 0.282. The van der Waals surface area contributed by atoms with Crippen molar-refractivity contribution in [2.24, 2.45) is 0 Å². The fourth-order valence-electron chi connectivity index (χ4n) is 2.91. The van der Waals surface area contributed by atoms with E-state index in [9.17, 15) is 0 Å². The van der Waals surface area contributed by atoms with E-state index in [1.807, 2.05) is 24.3 Å². The molecule has 0 radical (unpaired) electrons. The molecule has 0 aliphatic heterocycles. The van der Waals surface area contributed by atoms with Crippen LogP contribution in [0.15, 0.2) is 65.1 Å². The lowest BCUT2D eigenvalue weighted by Gasteiger charge is -2.15. The smallest absolute Gasteiger partial charge is 0.175 e. The van der Waals surface area contributed by atoms with Crippen molar-refractivity contribution in [2.45, 2.75) is 19.6 Å². The molecule has 7 heteroatoms. The molecule has 0 amide bonds. The number of ether oxygens (including phenoxy) is 2. The van der Waals surface area contributed by atoms with Crippen LogP contribution in [0.25, 0.3) is 0 Å². The topological polar surface area (TPSA) is 30.5 Å². The van der Waals surface area contributed by atoms with Gasteiger partial charge in [0.15, 0.2) is 11.5 Å². The molecule has 0 aliphatic rings. The van der Waals surface area contributed by atoms with Crippen molar-refractivity contribution in [3.05, 3.63) is 91.9 Å². The standard InChI is InChI=1S/C23H22BrCl2NO2.ClH/c1-28-22-13-18(14-27-10-9-16-5-3-2-4-6-16)11-19(24)23(22)29-15-17-7-8-20(25)21(26)12-17;/h2-8,11-13,27H,9-10,14-15H2,1H3;1H. The molecular formula is C23H23BrCl3NO2. The van der Waals surface area contributed by atoms with Crippen molar-refractivity contribution in [1.29, 1.82) is 0 Å². The van der Waals surface area contributed by atoms with E-state index in [4.69, 9.17) is 32.7 Å². The molecule has 0 aliphatic carbocycles. The minimum absolute atomic E-state index is 0. The molecule has 0 unspecified atom stereocenters. The summed E-state index contributed by atoms with van der Waals surface area (Å²) in [6.45, 7) is 2.01. The fraction of sp³-hybridized carbons (Fsp3) is 0.217. The Labute approximate surface area is 202 Å². The summed E-state index contributed by atoms with van der Waals surface area (Å²) in [4.78, 5) is 0. The van der Waals surface area contributed by atoms with E-state index in [1.54, 1.807) is 19.2 Å². The van der Waals surface area contributed by atoms with Gasteiger partial charge in [0, 0.05) is 6.54 Å². The maximum Gasteiger partial charge on any atom is 0.175 e. The normalized spacial score (nSPS) is 10.4. The van der Waals surface area contributed by atoms with Gasteiger partial charge in [-0.05, 0) is 69.9 Å². The Morgan fingerprint density at radius 3 is 2.37 bits per heavy atom. The van der Waals surface area contributed by atoms with Gasteiger partial charge in [0.25, 0.3) is 0 Å². The average molecular weight is 532 g/mol. The van der Waals surface area contributed by atoms with E-state index < -0.39 is 0 Å². The van der Waals surface area contributed by atoms with E-state index >= 15 is 0 Å². The number of nitrogens with one attached hydrogen (secondary N) is 1. The molecule has 1 N–H and O–H groups in total. The number of rotatable bonds is 9. The van der Waals surface area contributed by atoms with Gasteiger partial charge in [-0.2, -0.15) is 0 Å². The summed E-state index contributed by atoms with van der Waals surface area (Å²) < 4.78 is 12.4. The first kappa shape index (κ1) is 24.8. The molecule has 3 nitrogen and oxygen atoms in total. The van der Waals surface area contributed by atoms with Gasteiger partial charge in [-0.25, -0.2) is 0 Å². The third kappa shape index (κ3) is 7.07. The van der Waals surface area contributed by atoms with Gasteiger partial charge < -0.3 is 14.8 Å². The zero-order chi connectivity index (χ0) is 20.6. The van der Waals surface area contributed by atoms with Crippen molar-refractivity contribution in [1.82, 2.24) is 5.32 Å². The Balaban J connectivity index is 0.00000320. The molecule has 0 saturated carbocycles. The number of benzene rings is 3. The Morgan fingerprint density at radius 2 is 1.67 bits per heavy atom. The highest BCUT2D eigenvalue weighted by molar-refractivity contribution is 9.10. The Hall–Kier alpha value is -1.43. The van der Waals surface area contributed by atoms with Gasteiger partial charge in [0.05, 0.1) is 21.6 Å². The number of hydrogen-bond acceptors (Lipinski definition) is 3. The first-order valence-electron chi connectivity index (χ1n) is 9.24. The van der Waals surface area contributed by atoms with Crippen molar-refractivity contribution in [3.8, 4) is 11.5 Å². The van der Waals surface area contributed by atoms with E-state index in [2.05, 4.69) is 45.5 Å². The highest BCUT2D eigenvalue weighted by Gasteiger charge is 2.12. The first-order valence-corrected chi connectivity index (χ1v) is 10.8. The van der Waals surface area contributed by atoms with Gasteiger partial charge in [-0.1, -0.05) is 59.6 Å². The predicted molar refractivity (Wildman–Crippen MR) is 131 cm³/mol. The van der Waals surface area contributed by atoms with Crippen LogP contribution in [0.5, 0.6) is 11.5 Å². The molecule has 0 fully saturated rings. The molecule has 0 bridgehead atoms. The lowest BCUT2D eigenvalue weighted by atomic mass is 10.1. The van der Waals surface area contributed by atoms with Gasteiger partial charge in [0.2, 0.25) is 0 Å². The highest BCUT2D eigenvalue weighted by Crippen LogP contribution is 2.37. The van der Waals surface area contributed by atoms with E-state index in [1.165, 1.54) is 5.56 Å². The minimum atomic E-state index is 0. The third-order valence-corrected chi connectivity index (χ3v) is 5.75. The Bertz CT molecular complexity index is 955. The molecular weight excluding hydrogens is 509 g/mol. The molecule has 3 aromatic carbocycles.